The predicted molar refractivity (Wildman–Crippen MR) is 218 cm³/mol. The third-order valence-corrected chi connectivity index (χ3v) is 9.76. The van der Waals surface area contributed by atoms with Gasteiger partial charge in [0.2, 0.25) is 0 Å². The van der Waals surface area contributed by atoms with Gasteiger partial charge in [0.05, 0.1) is 20.6 Å². The summed E-state index contributed by atoms with van der Waals surface area (Å²) in [5, 5.41) is 3.48. The molecule has 0 bridgehead atoms. The van der Waals surface area contributed by atoms with Crippen LogP contribution in [0.4, 0.5) is 0 Å². The van der Waals surface area contributed by atoms with Crippen molar-refractivity contribution in [2.24, 2.45) is 0 Å². The maximum atomic E-state index is 9.57. The molecule has 0 aliphatic rings. The lowest BCUT2D eigenvalue weighted by Crippen LogP contribution is -1.92. The highest BCUT2D eigenvalue weighted by Gasteiger charge is 2.20. The van der Waals surface area contributed by atoms with Gasteiger partial charge in [-0.3, -0.25) is 0 Å². The third kappa shape index (κ3) is 4.22. The predicted octanol–water partition coefficient (Wildman–Crippen LogP) is 14.4. The summed E-state index contributed by atoms with van der Waals surface area (Å²) in [4.78, 5) is 0. The minimum Gasteiger partial charge on any atom is -0.456 e. The molecule has 0 unspecified atom stereocenters. The topological polar surface area (TPSA) is 13.1 Å². The molecule has 11 aromatic rings. The first-order valence-corrected chi connectivity index (χ1v) is 16.4. The summed E-state index contributed by atoms with van der Waals surface area (Å²) in [6.07, 6.45) is 0. The van der Waals surface area contributed by atoms with Gasteiger partial charge in [0.25, 0.3) is 0 Å². The molecular weight excluding hydrogens is 617 g/mol. The Hall–Kier alpha value is -6.70. The number of benzene rings is 10. The van der Waals surface area contributed by atoms with Crippen molar-refractivity contribution in [3.05, 3.63) is 182 Å². The average molecular weight is 662 g/mol. The van der Waals surface area contributed by atoms with Crippen LogP contribution in [0, 0.1) is 0 Å². The summed E-state index contributed by atoms with van der Waals surface area (Å²) in [6, 6.07) is 18.6. The Morgan fingerprint density at radius 2 is 0.980 bits per heavy atom. The molecule has 0 fully saturated rings. The Labute approximate surface area is 315 Å². The van der Waals surface area contributed by atoms with E-state index in [4.69, 9.17) is 18.1 Å². The van der Waals surface area contributed by atoms with Crippen LogP contribution in [0.5, 0.6) is 0 Å². The van der Waals surface area contributed by atoms with Crippen molar-refractivity contribution in [2.75, 3.05) is 0 Å². The summed E-state index contributed by atoms with van der Waals surface area (Å²) in [5.74, 6) is 0. The van der Waals surface area contributed by atoms with Crippen molar-refractivity contribution in [3.63, 3.8) is 0 Å². The number of rotatable bonds is 3. The van der Waals surface area contributed by atoms with Gasteiger partial charge in [0.15, 0.2) is 0 Å². The molecule has 10 aromatic carbocycles. The number of hydrogen-bond acceptors (Lipinski definition) is 1. The van der Waals surface area contributed by atoms with Gasteiger partial charge in [-0.05, 0) is 118 Å². The highest BCUT2D eigenvalue weighted by atomic mass is 16.3. The van der Waals surface area contributed by atoms with Crippen LogP contribution in [0.15, 0.2) is 186 Å². The molecule has 0 saturated heterocycles. The van der Waals surface area contributed by atoms with Crippen LogP contribution in [0.2, 0.25) is 0 Å². The lowest BCUT2D eigenvalue weighted by Gasteiger charge is -2.20. The average Bonchev–Trinajstić information content (AvgIpc) is 3.71. The Balaban J connectivity index is 1.36. The van der Waals surface area contributed by atoms with E-state index in [1.165, 1.54) is 0 Å². The van der Waals surface area contributed by atoms with Crippen LogP contribution in [0.25, 0.3) is 109 Å². The van der Waals surface area contributed by atoms with E-state index in [0.717, 1.165) is 32.5 Å². The van der Waals surface area contributed by atoms with Gasteiger partial charge >= 0.3 is 0 Å². The standard InChI is InChI=1S/C50H30O/c1-4-16-36-31(12-1)15-11-23-39(36)49-42-21-9-7-19-40(42)48(41-20-8-10-22-43(41)49)35-28-33-14-3-5-17-37(33)44(30-35)34-25-26-46-45(29-34)50-38-18-6-2-13-32(38)24-27-47(50)51-46/h1-30H/i1D,4D,7D,8D,9D,10D,11D,12D,15D,16D,19D,20D,21D,22D,23D. The zero-order chi connectivity index (χ0) is 46.5. The van der Waals surface area contributed by atoms with Crippen LogP contribution in [0.1, 0.15) is 20.6 Å². The molecule has 0 N–H and O–H groups in total. The van der Waals surface area contributed by atoms with Gasteiger partial charge in [-0.1, -0.05) is 151 Å². The molecule has 0 aliphatic carbocycles. The lowest BCUT2D eigenvalue weighted by atomic mass is 9.83. The third-order valence-electron chi connectivity index (χ3n) is 9.76. The second kappa shape index (κ2) is 10.9. The van der Waals surface area contributed by atoms with Gasteiger partial charge in [-0.15, -0.1) is 0 Å². The number of furan rings is 1. The van der Waals surface area contributed by atoms with Crippen LogP contribution in [-0.2, 0) is 0 Å². The Bertz CT molecular complexity index is 3970. The molecule has 1 heteroatoms. The molecule has 0 amide bonds. The molecule has 51 heavy (non-hydrogen) atoms. The van der Waals surface area contributed by atoms with E-state index < -0.39 is 107 Å². The molecule has 0 saturated carbocycles. The van der Waals surface area contributed by atoms with E-state index in [9.17, 15) is 6.85 Å². The fraction of sp³-hybridized carbons (Fsp3) is 0. The SMILES string of the molecule is [2H]c1c([2H])c([2H])c2c(-c3c4c([2H])c([2H])c([2H])c([2H])c4c(-c4cc(-c5ccc6oc7ccc8ccccc8c7c6c5)c5ccccc5c4)c4c([2H])c([2H])c([2H])c([2H])c34)c([2H])c([2H])c([2H])c2c1[2H]. The van der Waals surface area contributed by atoms with Gasteiger partial charge in [-0.25, -0.2) is 0 Å². The maximum Gasteiger partial charge on any atom is 0.136 e. The van der Waals surface area contributed by atoms with Crippen LogP contribution in [0.3, 0.4) is 0 Å². The Kier molecular flexibility index (Phi) is 3.70. The fourth-order valence-electron chi connectivity index (χ4n) is 7.57. The summed E-state index contributed by atoms with van der Waals surface area (Å²) < 4.78 is 142. The molecule has 0 atom stereocenters. The first-order valence-electron chi connectivity index (χ1n) is 23.9. The van der Waals surface area contributed by atoms with Crippen molar-refractivity contribution < 1.29 is 25.0 Å². The number of hydrogen-bond donors (Lipinski definition) is 0. The monoisotopic (exact) mass is 661 g/mol. The van der Waals surface area contributed by atoms with Gasteiger partial charge in [0.1, 0.15) is 11.2 Å². The molecule has 0 spiro atoms. The summed E-state index contributed by atoms with van der Waals surface area (Å²) in [7, 11) is 0. The van der Waals surface area contributed by atoms with Crippen molar-refractivity contribution in [3.8, 4) is 33.4 Å². The number of fused-ring (bicyclic) bond motifs is 9. The highest BCUT2D eigenvalue weighted by Crippen LogP contribution is 2.47. The van der Waals surface area contributed by atoms with E-state index in [2.05, 4.69) is 0 Å². The van der Waals surface area contributed by atoms with Crippen molar-refractivity contribution >= 4 is 75.8 Å². The quantitative estimate of drug-likeness (QED) is 0.172. The fourth-order valence-corrected chi connectivity index (χ4v) is 7.57. The molecule has 1 nitrogen and oxygen atoms in total. The van der Waals surface area contributed by atoms with Gasteiger partial charge in [0, 0.05) is 10.8 Å². The zero-order valence-electron chi connectivity index (χ0n) is 41.6. The van der Waals surface area contributed by atoms with Crippen LogP contribution < -0.4 is 0 Å². The first-order chi connectivity index (χ1) is 31.5. The summed E-state index contributed by atoms with van der Waals surface area (Å²) >= 11 is 0. The van der Waals surface area contributed by atoms with Crippen molar-refractivity contribution in [2.45, 2.75) is 0 Å². The molecular formula is C50H30O. The van der Waals surface area contributed by atoms with Crippen molar-refractivity contribution in [1.82, 2.24) is 0 Å². The normalized spacial score (nSPS) is 16.0. The highest BCUT2D eigenvalue weighted by molar-refractivity contribution is 6.24. The van der Waals surface area contributed by atoms with E-state index in [1.807, 2.05) is 84.9 Å². The Morgan fingerprint density at radius 3 is 1.76 bits per heavy atom. The van der Waals surface area contributed by atoms with Crippen molar-refractivity contribution in [1.29, 1.82) is 0 Å². The van der Waals surface area contributed by atoms with Gasteiger partial charge < -0.3 is 4.42 Å². The van der Waals surface area contributed by atoms with E-state index in [0.29, 0.717) is 27.7 Å². The Morgan fingerprint density at radius 1 is 0.353 bits per heavy atom. The summed E-state index contributed by atoms with van der Waals surface area (Å²) in [5.41, 5.74) is 2.35. The smallest absolute Gasteiger partial charge is 0.136 e. The first kappa shape index (κ1) is 17.3. The molecule has 0 aliphatic heterocycles. The second-order valence-corrected chi connectivity index (χ2v) is 12.5. The minimum absolute atomic E-state index is 0.0246. The van der Waals surface area contributed by atoms with E-state index >= 15 is 0 Å². The largest absolute Gasteiger partial charge is 0.456 e. The molecule has 236 valence electrons. The van der Waals surface area contributed by atoms with Crippen LogP contribution in [-0.4, -0.2) is 0 Å². The molecule has 11 rings (SSSR count). The molecule has 1 heterocycles. The molecule has 1 aromatic heterocycles. The van der Waals surface area contributed by atoms with Gasteiger partial charge in [-0.2, -0.15) is 0 Å². The van der Waals surface area contributed by atoms with E-state index in [-0.39, 0.29) is 32.7 Å². The summed E-state index contributed by atoms with van der Waals surface area (Å²) in [6.45, 7) is 0. The van der Waals surface area contributed by atoms with E-state index in [1.54, 1.807) is 6.07 Å². The lowest BCUT2D eigenvalue weighted by molar-refractivity contribution is 0.669. The minimum atomic E-state index is -0.760. The molecule has 0 radical (unpaired) electrons. The second-order valence-electron chi connectivity index (χ2n) is 12.5. The zero-order valence-corrected chi connectivity index (χ0v) is 26.6. The maximum absolute atomic E-state index is 9.57. The van der Waals surface area contributed by atoms with Crippen LogP contribution >= 0.6 is 0 Å².